The Balaban J connectivity index is 2.43. The molecule has 0 saturated heterocycles. The first kappa shape index (κ1) is 15.0. The van der Waals surface area contributed by atoms with Gasteiger partial charge in [-0.2, -0.15) is 13.2 Å². The normalized spacial score (nSPS) is 11.8. The van der Waals surface area contributed by atoms with Crippen molar-refractivity contribution in [2.45, 2.75) is 26.1 Å². The van der Waals surface area contributed by atoms with Crippen LogP contribution in [0.15, 0.2) is 24.3 Å². The van der Waals surface area contributed by atoms with Gasteiger partial charge in [-0.1, -0.05) is 25.1 Å². The molecule has 5 heteroatoms. The molecule has 0 spiro atoms. The first-order valence-corrected chi connectivity index (χ1v) is 6.12. The highest BCUT2D eigenvalue weighted by molar-refractivity contribution is 5.29. The van der Waals surface area contributed by atoms with Crippen LogP contribution in [0.2, 0.25) is 0 Å². The van der Waals surface area contributed by atoms with Gasteiger partial charge in [0.25, 0.3) is 0 Å². The predicted molar refractivity (Wildman–Crippen MR) is 66.3 cm³/mol. The fraction of sp³-hybridized carbons (Fsp3) is 0.538. The average Bonchev–Trinajstić information content (AvgIpc) is 2.33. The van der Waals surface area contributed by atoms with Crippen LogP contribution in [-0.4, -0.2) is 19.6 Å². The molecule has 0 fully saturated rings. The molecule has 1 aromatic rings. The number of hydrogen-bond acceptors (Lipinski definition) is 2. The van der Waals surface area contributed by atoms with Crippen LogP contribution in [0, 0.1) is 0 Å². The Kier molecular flexibility index (Phi) is 6.15. The molecule has 2 N–H and O–H groups in total. The van der Waals surface area contributed by atoms with Crippen LogP contribution in [0.4, 0.5) is 13.2 Å². The van der Waals surface area contributed by atoms with Gasteiger partial charge in [0.2, 0.25) is 0 Å². The molecule has 0 aromatic heterocycles. The summed E-state index contributed by atoms with van der Waals surface area (Å²) in [4.78, 5) is 0. The van der Waals surface area contributed by atoms with Crippen molar-refractivity contribution in [3.05, 3.63) is 35.4 Å². The number of rotatable bonds is 7. The van der Waals surface area contributed by atoms with Crippen LogP contribution in [0.25, 0.3) is 0 Å². The molecule has 0 saturated carbocycles. The zero-order valence-corrected chi connectivity index (χ0v) is 10.5. The van der Waals surface area contributed by atoms with Gasteiger partial charge < -0.3 is 10.6 Å². The van der Waals surface area contributed by atoms with Gasteiger partial charge in [0.1, 0.15) is 0 Å². The Labute approximate surface area is 106 Å². The third kappa shape index (κ3) is 5.06. The number of hydrogen-bond donors (Lipinski definition) is 2. The maximum atomic E-state index is 12.7. The summed E-state index contributed by atoms with van der Waals surface area (Å²) in [6, 6.07) is 5.68. The molecule has 1 rings (SSSR count). The predicted octanol–water partition coefficient (Wildman–Crippen LogP) is 2.79. The fourth-order valence-electron chi connectivity index (χ4n) is 1.69. The van der Waals surface area contributed by atoms with Gasteiger partial charge in [-0.15, -0.1) is 0 Å². The second-order valence-electron chi connectivity index (χ2n) is 4.04. The van der Waals surface area contributed by atoms with Crippen molar-refractivity contribution in [1.82, 2.24) is 10.6 Å². The minimum Gasteiger partial charge on any atom is -0.317 e. The van der Waals surface area contributed by atoms with Crippen LogP contribution >= 0.6 is 0 Å². The molecule has 18 heavy (non-hydrogen) atoms. The van der Waals surface area contributed by atoms with Crippen molar-refractivity contribution in [3.63, 3.8) is 0 Å². The number of nitrogens with one attached hydrogen (secondary N) is 2. The highest BCUT2D eigenvalue weighted by atomic mass is 19.4. The summed E-state index contributed by atoms with van der Waals surface area (Å²) in [7, 11) is 0. The smallest absolute Gasteiger partial charge is 0.317 e. The molecule has 1 aromatic carbocycles. The second kappa shape index (κ2) is 7.38. The van der Waals surface area contributed by atoms with E-state index in [9.17, 15) is 13.2 Å². The highest BCUT2D eigenvalue weighted by Crippen LogP contribution is 2.31. The van der Waals surface area contributed by atoms with Crippen molar-refractivity contribution < 1.29 is 13.2 Å². The van der Waals surface area contributed by atoms with E-state index in [2.05, 4.69) is 10.6 Å². The van der Waals surface area contributed by atoms with E-state index in [0.29, 0.717) is 12.1 Å². The van der Waals surface area contributed by atoms with E-state index in [1.807, 2.05) is 6.92 Å². The van der Waals surface area contributed by atoms with Crippen LogP contribution in [0.5, 0.6) is 0 Å². The monoisotopic (exact) mass is 260 g/mol. The molecular formula is C13H19F3N2. The number of halogens is 3. The topological polar surface area (TPSA) is 24.1 Å². The molecule has 0 atom stereocenters. The molecule has 0 amide bonds. The Hall–Kier alpha value is -1.07. The van der Waals surface area contributed by atoms with Crippen molar-refractivity contribution in [1.29, 1.82) is 0 Å². The lowest BCUT2D eigenvalue weighted by molar-refractivity contribution is -0.138. The van der Waals surface area contributed by atoms with Crippen LogP contribution in [0.1, 0.15) is 24.5 Å². The zero-order chi connectivity index (χ0) is 13.4. The molecule has 0 radical (unpaired) electrons. The van der Waals surface area contributed by atoms with E-state index in [4.69, 9.17) is 0 Å². The van der Waals surface area contributed by atoms with Crippen molar-refractivity contribution >= 4 is 0 Å². The van der Waals surface area contributed by atoms with Crippen molar-refractivity contribution in [2.24, 2.45) is 0 Å². The number of alkyl halides is 3. The summed E-state index contributed by atoms with van der Waals surface area (Å²) in [6.07, 6.45) is -3.37. The van der Waals surface area contributed by atoms with Gasteiger partial charge in [-0.3, -0.25) is 0 Å². The maximum absolute atomic E-state index is 12.7. The Morgan fingerprint density at radius 2 is 1.72 bits per heavy atom. The van der Waals surface area contributed by atoms with Crippen LogP contribution < -0.4 is 10.6 Å². The number of benzene rings is 1. The van der Waals surface area contributed by atoms with Crippen LogP contribution in [-0.2, 0) is 12.7 Å². The molecule has 0 heterocycles. The highest BCUT2D eigenvalue weighted by Gasteiger charge is 2.32. The lowest BCUT2D eigenvalue weighted by Gasteiger charge is -2.13. The lowest BCUT2D eigenvalue weighted by atomic mass is 10.1. The SMILES string of the molecule is CCNCCCNCc1ccccc1C(F)(F)F. The molecule has 102 valence electrons. The summed E-state index contributed by atoms with van der Waals surface area (Å²) >= 11 is 0. The van der Waals surface area contributed by atoms with Gasteiger partial charge in [0, 0.05) is 6.54 Å². The first-order valence-electron chi connectivity index (χ1n) is 6.12. The first-order chi connectivity index (χ1) is 8.55. The Morgan fingerprint density at radius 3 is 2.39 bits per heavy atom. The second-order valence-corrected chi connectivity index (χ2v) is 4.04. The quantitative estimate of drug-likeness (QED) is 0.737. The zero-order valence-electron chi connectivity index (χ0n) is 10.5. The van der Waals surface area contributed by atoms with Gasteiger partial charge in [-0.25, -0.2) is 0 Å². The molecule has 0 unspecified atom stereocenters. The van der Waals surface area contributed by atoms with Crippen LogP contribution in [0.3, 0.4) is 0 Å². The third-order valence-electron chi connectivity index (χ3n) is 2.60. The summed E-state index contributed by atoms with van der Waals surface area (Å²) in [6.45, 7) is 4.77. The van der Waals surface area contributed by atoms with E-state index in [1.165, 1.54) is 12.1 Å². The minimum atomic E-state index is -4.28. The molecule has 0 aliphatic carbocycles. The summed E-state index contributed by atoms with van der Waals surface area (Å²) < 4.78 is 38.1. The molecule has 0 aliphatic rings. The summed E-state index contributed by atoms with van der Waals surface area (Å²) in [5.74, 6) is 0. The van der Waals surface area contributed by atoms with Gasteiger partial charge in [0.05, 0.1) is 5.56 Å². The molecule has 0 bridgehead atoms. The summed E-state index contributed by atoms with van der Waals surface area (Å²) in [5, 5.41) is 6.20. The largest absolute Gasteiger partial charge is 0.416 e. The Morgan fingerprint density at radius 1 is 1.06 bits per heavy atom. The molecule has 2 nitrogen and oxygen atoms in total. The fourth-order valence-corrected chi connectivity index (χ4v) is 1.69. The standard InChI is InChI=1S/C13H19F3N2/c1-2-17-8-5-9-18-10-11-6-3-4-7-12(11)13(14,15)16/h3-4,6-7,17-18H,2,5,8-10H2,1H3. The lowest BCUT2D eigenvalue weighted by Crippen LogP contribution is -2.22. The van der Waals surface area contributed by atoms with Gasteiger partial charge >= 0.3 is 6.18 Å². The van der Waals surface area contributed by atoms with E-state index in [-0.39, 0.29) is 6.54 Å². The third-order valence-corrected chi connectivity index (χ3v) is 2.60. The van der Waals surface area contributed by atoms with E-state index >= 15 is 0 Å². The van der Waals surface area contributed by atoms with E-state index in [0.717, 1.165) is 25.6 Å². The molecular weight excluding hydrogens is 241 g/mol. The minimum absolute atomic E-state index is 0.252. The Bertz CT molecular complexity index is 350. The average molecular weight is 260 g/mol. The maximum Gasteiger partial charge on any atom is 0.416 e. The molecule has 0 aliphatic heterocycles. The van der Waals surface area contributed by atoms with Gasteiger partial charge in [0.15, 0.2) is 0 Å². The van der Waals surface area contributed by atoms with E-state index < -0.39 is 11.7 Å². The summed E-state index contributed by atoms with van der Waals surface area (Å²) in [5.41, 5.74) is -0.252. The van der Waals surface area contributed by atoms with E-state index in [1.54, 1.807) is 6.07 Å². The van der Waals surface area contributed by atoms with Gasteiger partial charge in [-0.05, 0) is 37.7 Å². The van der Waals surface area contributed by atoms with Crippen molar-refractivity contribution in [2.75, 3.05) is 19.6 Å². The van der Waals surface area contributed by atoms with Crippen molar-refractivity contribution in [3.8, 4) is 0 Å².